The van der Waals surface area contributed by atoms with Crippen molar-refractivity contribution < 1.29 is 4.79 Å². The van der Waals surface area contributed by atoms with Crippen molar-refractivity contribution in [3.8, 4) is 0 Å². The van der Waals surface area contributed by atoms with Gasteiger partial charge in [-0.25, -0.2) is 0 Å². The summed E-state index contributed by atoms with van der Waals surface area (Å²) in [4.78, 5) is 12.1. The molecule has 1 amide bonds. The second-order valence-corrected chi connectivity index (χ2v) is 4.59. The summed E-state index contributed by atoms with van der Waals surface area (Å²) in [6, 6.07) is 0. The molecule has 102 valence electrons. The normalized spacial score (nSPS) is 10.9. The van der Waals surface area contributed by atoms with Crippen LogP contribution in [0.2, 0.25) is 0 Å². The number of aromatic amines is 1. The monoisotopic (exact) mass is 262 g/mol. The lowest BCUT2D eigenvalue weighted by atomic mass is 10.1. The highest BCUT2D eigenvalue weighted by Crippen LogP contribution is 2.22. The van der Waals surface area contributed by atoms with Gasteiger partial charge in [0.25, 0.3) is 5.91 Å². The minimum atomic E-state index is -0.337. The first-order chi connectivity index (χ1) is 9.02. The second-order valence-electron chi connectivity index (χ2n) is 4.59. The summed E-state index contributed by atoms with van der Waals surface area (Å²) in [6.45, 7) is 6.69. The molecule has 0 bridgehead atoms. The molecule has 0 aliphatic carbocycles. The summed E-state index contributed by atoms with van der Waals surface area (Å²) in [5.74, 6) is -0.145. The van der Waals surface area contributed by atoms with Crippen LogP contribution in [-0.2, 0) is 6.54 Å². The molecule has 2 aromatic rings. The van der Waals surface area contributed by atoms with E-state index in [0.717, 1.165) is 12.2 Å². The maximum absolute atomic E-state index is 12.1. The van der Waals surface area contributed by atoms with E-state index < -0.39 is 0 Å². The van der Waals surface area contributed by atoms with Crippen LogP contribution in [-0.4, -0.2) is 25.9 Å². The third-order valence-electron chi connectivity index (χ3n) is 2.84. The Hall–Kier alpha value is -2.31. The van der Waals surface area contributed by atoms with Crippen LogP contribution in [0.5, 0.6) is 0 Å². The van der Waals surface area contributed by atoms with E-state index in [1.54, 1.807) is 17.1 Å². The van der Waals surface area contributed by atoms with Gasteiger partial charge in [-0.1, -0.05) is 13.8 Å². The number of nitrogen functional groups attached to an aromatic ring is 1. The molecule has 4 N–H and O–H groups in total. The maximum Gasteiger partial charge on any atom is 0.278 e. The zero-order valence-electron chi connectivity index (χ0n) is 11.3. The molecule has 0 saturated heterocycles. The van der Waals surface area contributed by atoms with Gasteiger partial charge < -0.3 is 11.1 Å². The van der Waals surface area contributed by atoms with Crippen LogP contribution in [0, 0.1) is 0 Å². The third-order valence-corrected chi connectivity index (χ3v) is 2.84. The molecule has 2 aromatic heterocycles. The van der Waals surface area contributed by atoms with Gasteiger partial charge in [0, 0.05) is 12.7 Å². The van der Waals surface area contributed by atoms with E-state index >= 15 is 0 Å². The van der Waals surface area contributed by atoms with Crippen molar-refractivity contribution in [2.24, 2.45) is 0 Å². The lowest BCUT2D eigenvalue weighted by molar-refractivity contribution is 0.102. The van der Waals surface area contributed by atoms with Crippen molar-refractivity contribution in [3.05, 3.63) is 23.8 Å². The molecule has 0 spiro atoms. The van der Waals surface area contributed by atoms with Gasteiger partial charge in [0.2, 0.25) is 0 Å². The molecular formula is C12H18N6O. The van der Waals surface area contributed by atoms with Crippen molar-refractivity contribution in [2.75, 3.05) is 11.1 Å². The summed E-state index contributed by atoms with van der Waals surface area (Å²) in [7, 11) is 0. The number of hydrogen-bond acceptors (Lipinski definition) is 4. The van der Waals surface area contributed by atoms with Crippen LogP contribution in [0.3, 0.4) is 0 Å². The van der Waals surface area contributed by atoms with Crippen molar-refractivity contribution >= 4 is 17.3 Å². The highest BCUT2D eigenvalue weighted by Gasteiger charge is 2.19. The van der Waals surface area contributed by atoms with Crippen molar-refractivity contribution in [1.29, 1.82) is 0 Å². The molecule has 19 heavy (non-hydrogen) atoms. The molecule has 0 fully saturated rings. The van der Waals surface area contributed by atoms with Gasteiger partial charge in [-0.05, 0) is 12.8 Å². The molecule has 0 unspecified atom stereocenters. The summed E-state index contributed by atoms with van der Waals surface area (Å²) in [5.41, 5.74) is 7.93. The topological polar surface area (TPSA) is 102 Å². The Morgan fingerprint density at radius 1 is 1.58 bits per heavy atom. The number of carbonyl (C=O) groups is 1. The Kier molecular flexibility index (Phi) is 3.55. The maximum atomic E-state index is 12.1. The van der Waals surface area contributed by atoms with Gasteiger partial charge in [-0.2, -0.15) is 10.2 Å². The number of aryl methyl sites for hydroxylation is 1. The first kappa shape index (κ1) is 13.1. The first-order valence-electron chi connectivity index (χ1n) is 6.20. The van der Waals surface area contributed by atoms with E-state index in [2.05, 4.69) is 20.6 Å². The van der Waals surface area contributed by atoms with Crippen LogP contribution >= 0.6 is 0 Å². The molecule has 0 aliphatic rings. The van der Waals surface area contributed by atoms with Crippen LogP contribution in [0.4, 0.5) is 11.4 Å². The van der Waals surface area contributed by atoms with Gasteiger partial charge in [0.1, 0.15) is 0 Å². The average Bonchev–Trinajstić information content (AvgIpc) is 2.95. The summed E-state index contributed by atoms with van der Waals surface area (Å²) in [5, 5.41) is 13.6. The zero-order chi connectivity index (χ0) is 14.0. The van der Waals surface area contributed by atoms with Gasteiger partial charge in [0.15, 0.2) is 5.69 Å². The third kappa shape index (κ3) is 2.59. The van der Waals surface area contributed by atoms with E-state index in [4.69, 9.17) is 5.73 Å². The Labute approximate surface area is 111 Å². The molecular weight excluding hydrogens is 244 g/mol. The Bertz CT molecular complexity index is 583. The number of amides is 1. The first-order valence-corrected chi connectivity index (χ1v) is 6.20. The van der Waals surface area contributed by atoms with Crippen LogP contribution in [0.1, 0.15) is 42.9 Å². The van der Waals surface area contributed by atoms with E-state index in [1.807, 2.05) is 20.8 Å². The summed E-state index contributed by atoms with van der Waals surface area (Å²) in [6.07, 6.45) is 3.34. The molecule has 2 rings (SSSR count). The van der Waals surface area contributed by atoms with Crippen LogP contribution in [0.15, 0.2) is 12.4 Å². The quantitative estimate of drug-likeness (QED) is 0.778. The van der Waals surface area contributed by atoms with Gasteiger partial charge in [-0.15, -0.1) is 0 Å². The zero-order valence-corrected chi connectivity index (χ0v) is 11.3. The summed E-state index contributed by atoms with van der Waals surface area (Å²) < 4.78 is 1.73. The second kappa shape index (κ2) is 5.13. The van der Waals surface area contributed by atoms with Gasteiger partial charge in [-0.3, -0.25) is 14.6 Å². The highest BCUT2D eigenvalue weighted by atomic mass is 16.2. The Balaban J connectivity index is 2.16. The van der Waals surface area contributed by atoms with Crippen LogP contribution < -0.4 is 11.1 Å². The smallest absolute Gasteiger partial charge is 0.278 e. The lowest BCUT2D eigenvalue weighted by Gasteiger charge is -2.03. The molecule has 2 heterocycles. The fourth-order valence-electron chi connectivity index (χ4n) is 1.77. The van der Waals surface area contributed by atoms with Crippen molar-refractivity contribution in [3.63, 3.8) is 0 Å². The number of nitrogens with two attached hydrogens (primary N) is 1. The van der Waals surface area contributed by atoms with Crippen molar-refractivity contribution in [1.82, 2.24) is 20.0 Å². The number of rotatable bonds is 4. The van der Waals surface area contributed by atoms with E-state index in [9.17, 15) is 4.79 Å². The number of nitrogens with one attached hydrogen (secondary N) is 2. The van der Waals surface area contributed by atoms with Crippen LogP contribution in [0.25, 0.3) is 0 Å². The molecule has 0 atom stereocenters. The minimum Gasteiger partial charge on any atom is -0.395 e. The number of anilines is 2. The number of aromatic nitrogens is 4. The predicted octanol–water partition coefficient (Wildman–Crippen LogP) is 1.58. The minimum absolute atomic E-state index is 0.192. The fraction of sp³-hybridized carbons (Fsp3) is 0.417. The molecule has 0 saturated carbocycles. The Morgan fingerprint density at radius 2 is 2.32 bits per heavy atom. The molecule has 7 heteroatoms. The highest BCUT2D eigenvalue weighted by molar-refractivity contribution is 6.06. The SMILES string of the molecule is CCn1cc(NC(=O)c2n[nH]c(C(C)C)c2N)cn1. The van der Waals surface area contributed by atoms with E-state index in [0.29, 0.717) is 11.4 Å². The number of hydrogen-bond donors (Lipinski definition) is 3. The standard InChI is InChI=1S/C12H18N6O/c1-4-18-6-8(5-14-18)15-12(19)11-9(13)10(7(2)3)16-17-11/h5-7H,4,13H2,1-3H3,(H,15,19)(H,16,17). The molecule has 0 radical (unpaired) electrons. The number of nitrogens with zero attached hydrogens (tertiary/aromatic N) is 3. The number of H-pyrrole nitrogens is 1. The predicted molar refractivity (Wildman–Crippen MR) is 72.9 cm³/mol. The Morgan fingerprint density at radius 3 is 2.84 bits per heavy atom. The van der Waals surface area contributed by atoms with Gasteiger partial charge >= 0.3 is 0 Å². The van der Waals surface area contributed by atoms with Crippen molar-refractivity contribution in [2.45, 2.75) is 33.2 Å². The lowest BCUT2D eigenvalue weighted by Crippen LogP contribution is -2.14. The number of carbonyl (C=O) groups excluding carboxylic acids is 1. The van der Waals surface area contributed by atoms with E-state index in [-0.39, 0.29) is 17.5 Å². The molecule has 0 aliphatic heterocycles. The fourth-order valence-corrected chi connectivity index (χ4v) is 1.77. The average molecular weight is 262 g/mol. The molecule has 7 nitrogen and oxygen atoms in total. The molecule has 0 aromatic carbocycles. The largest absolute Gasteiger partial charge is 0.395 e. The summed E-state index contributed by atoms with van der Waals surface area (Å²) >= 11 is 0. The van der Waals surface area contributed by atoms with E-state index in [1.165, 1.54) is 0 Å². The van der Waals surface area contributed by atoms with Gasteiger partial charge in [0.05, 0.1) is 23.3 Å².